The maximum Gasteiger partial charge on any atom is 0.0555 e. The molecule has 0 aliphatic carbocycles. The molecule has 0 bridgehead atoms. The Morgan fingerprint density at radius 3 is 2.33 bits per heavy atom. The summed E-state index contributed by atoms with van der Waals surface area (Å²) in [6, 6.07) is 0. The smallest absolute Gasteiger partial charge is 0.0555 e. The van der Waals surface area contributed by atoms with Crippen molar-refractivity contribution in [3.63, 3.8) is 0 Å². The summed E-state index contributed by atoms with van der Waals surface area (Å²) in [6.45, 7) is 6.33. The van der Waals surface area contributed by atoms with Crippen LogP contribution in [0.4, 0.5) is 0 Å². The molecule has 0 rings (SSSR count). The Labute approximate surface area is 74.8 Å². The first-order valence-corrected chi connectivity index (χ1v) is 4.55. The molecule has 3 heteroatoms. The van der Waals surface area contributed by atoms with E-state index in [2.05, 4.69) is 19.2 Å². The van der Waals surface area contributed by atoms with Crippen LogP contribution in [0.3, 0.4) is 0 Å². The number of nitrogens with one attached hydrogen (secondary N) is 1. The number of hydrogen-bond donors (Lipinski definition) is 3. The van der Waals surface area contributed by atoms with Gasteiger partial charge in [-0.3, -0.25) is 0 Å². The Bertz CT molecular complexity index is 105. The summed E-state index contributed by atoms with van der Waals surface area (Å²) in [6.07, 6.45) is 1.87. The molecule has 0 unspecified atom stereocenters. The van der Waals surface area contributed by atoms with Gasteiger partial charge in [-0.25, -0.2) is 0 Å². The highest BCUT2D eigenvalue weighted by Crippen LogP contribution is 2.20. The molecule has 0 aromatic carbocycles. The number of hydrogen-bond acceptors (Lipinski definition) is 3. The largest absolute Gasteiger partial charge is 0.396 e. The predicted octanol–water partition coefficient (Wildman–Crippen LogP) is 0.367. The van der Waals surface area contributed by atoms with E-state index in [4.69, 9.17) is 10.2 Å². The molecule has 0 aliphatic heterocycles. The standard InChI is InChI=1S/C9H21NO2/c1-9(2,4-3-6-11)8-10-5-7-12/h10-12H,3-8H2,1-2H3. The van der Waals surface area contributed by atoms with Crippen molar-refractivity contribution >= 4 is 0 Å². The number of aliphatic hydroxyl groups excluding tert-OH is 2. The van der Waals surface area contributed by atoms with Crippen molar-refractivity contribution < 1.29 is 10.2 Å². The van der Waals surface area contributed by atoms with Gasteiger partial charge in [0, 0.05) is 19.7 Å². The molecule has 3 nitrogen and oxygen atoms in total. The second-order valence-electron chi connectivity index (χ2n) is 3.89. The SMILES string of the molecule is CC(C)(CCCO)CNCCO. The quantitative estimate of drug-likeness (QED) is 0.490. The van der Waals surface area contributed by atoms with Crippen LogP contribution in [0.5, 0.6) is 0 Å². The fraction of sp³-hybridized carbons (Fsp3) is 1.00. The zero-order valence-corrected chi connectivity index (χ0v) is 8.14. The molecule has 74 valence electrons. The van der Waals surface area contributed by atoms with E-state index in [1.807, 2.05) is 0 Å². The van der Waals surface area contributed by atoms with Gasteiger partial charge in [-0.2, -0.15) is 0 Å². The van der Waals surface area contributed by atoms with E-state index >= 15 is 0 Å². The van der Waals surface area contributed by atoms with Crippen LogP contribution in [0.2, 0.25) is 0 Å². The summed E-state index contributed by atoms with van der Waals surface area (Å²) in [5.41, 5.74) is 0.220. The molecule has 3 N–H and O–H groups in total. The van der Waals surface area contributed by atoms with Crippen molar-refractivity contribution in [2.45, 2.75) is 26.7 Å². The molecule has 0 heterocycles. The molecular formula is C9H21NO2. The van der Waals surface area contributed by atoms with Crippen LogP contribution < -0.4 is 5.32 Å². The normalized spacial score (nSPS) is 12.0. The fourth-order valence-corrected chi connectivity index (χ4v) is 1.15. The summed E-state index contributed by atoms with van der Waals surface area (Å²) in [5, 5.41) is 20.3. The van der Waals surface area contributed by atoms with Gasteiger partial charge in [-0.05, 0) is 18.3 Å². The highest BCUT2D eigenvalue weighted by atomic mass is 16.3. The average molecular weight is 175 g/mol. The van der Waals surface area contributed by atoms with Gasteiger partial charge < -0.3 is 15.5 Å². The maximum absolute atomic E-state index is 8.64. The van der Waals surface area contributed by atoms with Gasteiger partial charge in [-0.15, -0.1) is 0 Å². The van der Waals surface area contributed by atoms with E-state index in [1.54, 1.807) is 0 Å². The Balaban J connectivity index is 3.42. The lowest BCUT2D eigenvalue weighted by molar-refractivity contribution is 0.229. The molecule has 0 amide bonds. The summed E-state index contributed by atoms with van der Waals surface area (Å²) in [4.78, 5) is 0. The minimum atomic E-state index is 0.191. The summed E-state index contributed by atoms with van der Waals surface area (Å²) < 4.78 is 0. The second-order valence-corrected chi connectivity index (χ2v) is 3.89. The molecule has 0 fully saturated rings. The van der Waals surface area contributed by atoms with Crippen molar-refractivity contribution in [3.8, 4) is 0 Å². The minimum absolute atomic E-state index is 0.191. The van der Waals surface area contributed by atoms with E-state index in [0.717, 1.165) is 19.4 Å². The van der Waals surface area contributed by atoms with E-state index in [0.29, 0.717) is 6.54 Å². The topological polar surface area (TPSA) is 52.5 Å². The average Bonchev–Trinajstić information content (AvgIpc) is 2.01. The number of rotatable bonds is 7. The van der Waals surface area contributed by atoms with Crippen LogP contribution in [0, 0.1) is 5.41 Å². The van der Waals surface area contributed by atoms with Crippen molar-refractivity contribution in [1.82, 2.24) is 5.32 Å². The van der Waals surface area contributed by atoms with Crippen molar-refractivity contribution in [2.24, 2.45) is 5.41 Å². The van der Waals surface area contributed by atoms with Crippen LogP contribution in [-0.4, -0.2) is 36.5 Å². The van der Waals surface area contributed by atoms with E-state index in [9.17, 15) is 0 Å². The van der Waals surface area contributed by atoms with Gasteiger partial charge in [-0.1, -0.05) is 13.8 Å². The lowest BCUT2D eigenvalue weighted by Gasteiger charge is -2.24. The molecule has 0 aliphatic rings. The Hall–Kier alpha value is -0.120. The summed E-state index contributed by atoms with van der Waals surface area (Å²) >= 11 is 0. The van der Waals surface area contributed by atoms with Crippen LogP contribution in [0.1, 0.15) is 26.7 Å². The highest BCUT2D eigenvalue weighted by molar-refractivity contribution is 4.70. The van der Waals surface area contributed by atoms with Gasteiger partial charge in [0.15, 0.2) is 0 Å². The molecule has 0 aromatic rings. The monoisotopic (exact) mass is 175 g/mol. The first-order chi connectivity index (χ1) is 5.62. The van der Waals surface area contributed by atoms with Gasteiger partial charge in [0.2, 0.25) is 0 Å². The molecule has 0 saturated carbocycles. The third-order valence-electron chi connectivity index (χ3n) is 1.90. The van der Waals surface area contributed by atoms with Gasteiger partial charge in [0.05, 0.1) is 6.61 Å². The molecular weight excluding hydrogens is 154 g/mol. The number of aliphatic hydroxyl groups is 2. The van der Waals surface area contributed by atoms with Crippen LogP contribution in [-0.2, 0) is 0 Å². The van der Waals surface area contributed by atoms with E-state index in [1.165, 1.54) is 0 Å². The van der Waals surface area contributed by atoms with E-state index in [-0.39, 0.29) is 18.6 Å². The third kappa shape index (κ3) is 6.58. The maximum atomic E-state index is 8.64. The molecule has 0 atom stereocenters. The zero-order valence-electron chi connectivity index (χ0n) is 8.14. The minimum Gasteiger partial charge on any atom is -0.396 e. The lowest BCUT2D eigenvalue weighted by atomic mass is 9.88. The van der Waals surface area contributed by atoms with Crippen molar-refractivity contribution in [3.05, 3.63) is 0 Å². The van der Waals surface area contributed by atoms with E-state index < -0.39 is 0 Å². The van der Waals surface area contributed by atoms with Crippen LogP contribution >= 0.6 is 0 Å². The van der Waals surface area contributed by atoms with Gasteiger partial charge >= 0.3 is 0 Å². The second kappa shape index (κ2) is 6.40. The first kappa shape index (κ1) is 11.9. The van der Waals surface area contributed by atoms with Crippen LogP contribution in [0.25, 0.3) is 0 Å². The third-order valence-corrected chi connectivity index (χ3v) is 1.90. The zero-order chi connectivity index (χ0) is 9.45. The van der Waals surface area contributed by atoms with Gasteiger partial charge in [0.25, 0.3) is 0 Å². The summed E-state index contributed by atoms with van der Waals surface area (Å²) in [7, 11) is 0. The molecule has 0 radical (unpaired) electrons. The summed E-state index contributed by atoms with van der Waals surface area (Å²) in [5.74, 6) is 0. The molecule has 12 heavy (non-hydrogen) atoms. The molecule has 0 aromatic heterocycles. The Kier molecular flexibility index (Phi) is 6.34. The molecule has 0 spiro atoms. The Morgan fingerprint density at radius 1 is 1.17 bits per heavy atom. The highest BCUT2D eigenvalue weighted by Gasteiger charge is 2.15. The van der Waals surface area contributed by atoms with Crippen LogP contribution in [0.15, 0.2) is 0 Å². The Morgan fingerprint density at radius 2 is 1.83 bits per heavy atom. The van der Waals surface area contributed by atoms with Crippen molar-refractivity contribution in [1.29, 1.82) is 0 Å². The first-order valence-electron chi connectivity index (χ1n) is 4.55. The van der Waals surface area contributed by atoms with Crippen molar-refractivity contribution in [2.75, 3.05) is 26.3 Å². The predicted molar refractivity (Wildman–Crippen MR) is 50.1 cm³/mol. The molecule has 0 saturated heterocycles. The van der Waals surface area contributed by atoms with Gasteiger partial charge in [0.1, 0.15) is 0 Å². The fourth-order valence-electron chi connectivity index (χ4n) is 1.15. The lowest BCUT2D eigenvalue weighted by Crippen LogP contribution is -2.31.